The number of nitrogens with one attached hydrogen (secondary N) is 1. The minimum absolute atomic E-state index is 0.126. The molecule has 0 spiro atoms. The van der Waals surface area contributed by atoms with E-state index in [2.05, 4.69) is 12.2 Å². The molecule has 1 fully saturated rings. The molecule has 126 valence electrons. The quantitative estimate of drug-likeness (QED) is 0.900. The highest BCUT2D eigenvalue weighted by Gasteiger charge is 2.18. The predicted octanol–water partition coefficient (Wildman–Crippen LogP) is 4.11. The number of amides is 1. The molecule has 0 bridgehead atoms. The highest BCUT2D eigenvalue weighted by atomic mass is 16.5. The van der Waals surface area contributed by atoms with Crippen LogP contribution < -0.4 is 10.1 Å². The lowest BCUT2D eigenvalue weighted by Crippen LogP contribution is -2.19. The van der Waals surface area contributed by atoms with Crippen molar-refractivity contribution < 1.29 is 14.3 Å². The van der Waals surface area contributed by atoms with Crippen LogP contribution in [-0.4, -0.2) is 25.2 Å². The van der Waals surface area contributed by atoms with Crippen LogP contribution in [0.3, 0.4) is 0 Å². The molecule has 1 heterocycles. The number of hydrogen-bond donors (Lipinski definition) is 1. The maximum absolute atomic E-state index is 12.6. The first-order valence-corrected chi connectivity index (χ1v) is 8.35. The Hall–Kier alpha value is -2.33. The van der Waals surface area contributed by atoms with Gasteiger partial charge in [-0.05, 0) is 62.1 Å². The van der Waals surface area contributed by atoms with Gasteiger partial charge in [-0.15, -0.1) is 0 Å². The highest BCUT2D eigenvalue weighted by molar-refractivity contribution is 6.06. The van der Waals surface area contributed by atoms with Crippen LogP contribution in [0.2, 0.25) is 0 Å². The zero-order chi connectivity index (χ0) is 16.9. The van der Waals surface area contributed by atoms with Crippen LogP contribution in [-0.2, 0) is 4.74 Å². The van der Waals surface area contributed by atoms with Crippen molar-refractivity contribution in [3.05, 3.63) is 59.2 Å². The van der Waals surface area contributed by atoms with Gasteiger partial charge in [0.15, 0.2) is 0 Å². The lowest BCUT2D eigenvalue weighted by Gasteiger charge is -2.15. The van der Waals surface area contributed by atoms with Gasteiger partial charge in [0, 0.05) is 12.3 Å². The summed E-state index contributed by atoms with van der Waals surface area (Å²) in [4.78, 5) is 12.6. The second-order valence-electron chi connectivity index (χ2n) is 6.20. The van der Waals surface area contributed by atoms with Crippen molar-refractivity contribution in [1.29, 1.82) is 0 Å². The average molecular weight is 325 g/mol. The number of aryl methyl sites for hydroxylation is 2. The number of ether oxygens (including phenoxy) is 2. The summed E-state index contributed by atoms with van der Waals surface area (Å²) in [5.41, 5.74) is 3.68. The zero-order valence-corrected chi connectivity index (χ0v) is 14.2. The number of para-hydroxylation sites is 1. The standard InChI is InChI=1S/C20H23NO3/c1-14-9-10-16(12-15(14)2)21-20(22)18-7-3-4-8-19(18)24-13-17-6-5-11-23-17/h3-4,7-10,12,17H,5-6,11,13H2,1-2H3,(H,21,22)/t17-/m0/s1. The van der Waals surface area contributed by atoms with Crippen LogP contribution in [0.4, 0.5) is 5.69 Å². The molecule has 3 rings (SSSR count). The molecule has 4 heteroatoms. The SMILES string of the molecule is Cc1ccc(NC(=O)c2ccccc2OC[C@@H]2CCCO2)cc1C. The number of benzene rings is 2. The first-order valence-electron chi connectivity index (χ1n) is 8.35. The van der Waals surface area contributed by atoms with E-state index < -0.39 is 0 Å². The van der Waals surface area contributed by atoms with E-state index in [0.29, 0.717) is 17.9 Å². The summed E-state index contributed by atoms with van der Waals surface area (Å²) >= 11 is 0. The van der Waals surface area contributed by atoms with Gasteiger partial charge in [-0.25, -0.2) is 0 Å². The second kappa shape index (κ2) is 7.49. The molecule has 2 aromatic carbocycles. The molecule has 1 saturated heterocycles. The Bertz CT molecular complexity index is 721. The van der Waals surface area contributed by atoms with Crippen LogP contribution in [0.5, 0.6) is 5.75 Å². The Morgan fingerprint density at radius 2 is 2.04 bits per heavy atom. The van der Waals surface area contributed by atoms with Crippen LogP contribution in [0, 0.1) is 13.8 Å². The van der Waals surface area contributed by atoms with Crippen LogP contribution in [0.15, 0.2) is 42.5 Å². The molecule has 0 aliphatic carbocycles. The molecule has 4 nitrogen and oxygen atoms in total. The molecule has 1 N–H and O–H groups in total. The third kappa shape index (κ3) is 3.95. The molecule has 1 aliphatic heterocycles. The van der Waals surface area contributed by atoms with Gasteiger partial charge in [0.05, 0.1) is 11.7 Å². The first kappa shape index (κ1) is 16.5. The van der Waals surface area contributed by atoms with Crippen molar-refractivity contribution in [2.45, 2.75) is 32.8 Å². The summed E-state index contributed by atoms with van der Waals surface area (Å²) in [6.07, 6.45) is 2.21. The van der Waals surface area contributed by atoms with Crippen molar-refractivity contribution in [3.63, 3.8) is 0 Å². The Balaban J connectivity index is 1.70. The van der Waals surface area contributed by atoms with Gasteiger partial charge >= 0.3 is 0 Å². The maximum Gasteiger partial charge on any atom is 0.259 e. The number of hydrogen-bond acceptors (Lipinski definition) is 3. The molecule has 1 aliphatic rings. The molecule has 1 atom stereocenters. The van der Waals surface area contributed by atoms with E-state index >= 15 is 0 Å². The summed E-state index contributed by atoms with van der Waals surface area (Å²) in [5, 5.41) is 2.94. The fraction of sp³-hybridized carbons (Fsp3) is 0.350. The minimum atomic E-state index is -0.166. The Kier molecular flexibility index (Phi) is 5.16. The topological polar surface area (TPSA) is 47.6 Å². The van der Waals surface area contributed by atoms with Crippen molar-refractivity contribution in [3.8, 4) is 5.75 Å². The van der Waals surface area contributed by atoms with Gasteiger partial charge in [0.1, 0.15) is 12.4 Å². The molecule has 0 unspecified atom stereocenters. The van der Waals surface area contributed by atoms with E-state index in [-0.39, 0.29) is 12.0 Å². The lowest BCUT2D eigenvalue weighted by molar-refractivity contribution is 0.0673. The molecular formula is C20H23NO3. The maximum atomic E-state index is 12.6. The lowest BCUT2D eigenvalue weighted by atomic mass is 10.1. The van der Waals surface area contributed by atoms with Gasteiger partial charge in [-0.2, -0.15) is 0 Å². The van der Waals surface area contributed by atoms with E-state index in [4.69, 9.17) is 9.47 Å². The Labute approximate surface area is 142 Å². The molecule has 0 radical (unpaired) electrons. The average Bonchev–Trinajstić information content (AvgIpc) is 3.10. The van der Waals surface area contributed by atoms with E-state index in [0.717, 1.165) is 30.7 Å². The summed E-state index contributed by atoms with van der Waals surface area (Å²) in [7, 11) is 0. The third-order valence-electron chi connectivity index (χ3n) is 4.35. The van der Waals surface area contributed by atoms with Crippen molar-refractivity contribution in [2.75, 3.05) is 18.5 Å². The summed E-state index contributed by atoms with van der Waals surface area (Å²) in [6.45, 7) is 5.36. The van der Waals surface area contributed by atoms with Crippen molar-refractivity contribution in [2.24, 2.45) is 0 Å². The van der Waals surface area contributed by atoms with Crippen LogP contribution in [0.1, 0.15) is 34.3 Å². The molecule has 0 aromatic heterocycles. The minimum Gasteiger partial charge on any atom is -0.490 e. The highest BCUT2D eigenvalue weighted by Crippen LogP contribution is 2.22. The largest absolute Gasteiger partial charge is 0.490 e. The monoisotopic (exact) mass is 325 g/mol. The second-order valence-corrected chi connectivity index (χ2v) is 6.20. The number of anilines is 1. The fourth-order valence-electron chi connectivity index (χ4n) is 2.76. The fourth-order valence-corrected chi connectivity index (χ4v) is 2.76. The number of carbonyl (C=O) groups excluding carboxylic acids is 1. The van der Waals surface area contributed by atoms with Gasteiger partial charge in [-0.1, -0.05) is 18.2 Å². The molecule has 2 aromatic rings. The van der Waals surface area contributed by atoms with Gasteiger partial charge in [0.25, 0.3) is 5.91 Å². The molecule has 24 heavy (non-hydrogen) atoms. The smallest absolute Gasteiger partial charge is 0.259 e. The Morgan fingerprint density at radius 1 is 1.21 bits per heavy atom. The van der Waals surface area contributed by atoms with Gasteiger partial charge < -0.3 is 14.8 Å². The van der Waals surface area contributed by atoms with E-state index in [1.807, 2.05) is 43.3 Å². The predicted molar refractivity (Wildman–Crippen MR) is 94.8 cm³/mol. The number of rotatable bonds is 5. The molecule has 0 saturated carbocycles. The van der Waals surface area contributed by atoms with Gasteiger partial charge in [-0.3, -0.25) is 4.79 Å². The number of carbonyl (C=O) groups is 1. The Morgan fingerprint density at radius 3 is 2.79 bits per heavy atom. The van der Waals surface area contributed by atoms with E-state index in [9.17, 15) is 4.79 Å². The van der Waals surface area contributed by atoms with E-state index in [1.54, 1.807) is 6.07 Å². The van der Waals surface area contributed by atoms with E-state index in [1.165, 1.54) is 5.56 Å². The molecule has 1 amide bonds. The third-order valence-corrected chi connectivity index (χ3v) is 4.35. The normalized spacial score (nSPS) is 16.8. The first-order chi connectivity index (χ1) is 11.6. The van der Waals surface area contributed by atoms with Crippen LogP contribution >= 0.6 is 0 Å². The summed E-state index contributed by atoms with van der Waals surface area (Å²) in [6, 6.07) is 13.2. The van der Waals surface area contributed by atoms with Crippen molar-refractivity contribution >= 4 is 11.6 Å². The zero-order valence-electron chi connectivity index (χ0n) is 14.2. The van der Waals surface area contributed by atoms with Gasteiger partial charge in [0.2, 0.25) is 0 Å². The molecular weight excluding hydrogens is 302 g/mol. The van der Waals surface area contributed by atoms with Crippen LogP contribution in [0.25, 0.3) is 0 Å². The summed E-state index contributed by atoms with van der Waals surface area (Å²) < 4.78 is 11.4. The summed E-state index contributed by atoms with van der Waals surface area (Å²) in [5.74, 6) is 0.426. The van der Waals surface area contributed by atoms with Crippen molar-refractivity contribution in [1.82, 2.24) is 0 Å².